The maximum Gasteiger partial charge on any atom is 0.239 e. The number of hydrogen-bond acceptors (Lipinski definition) is 15. The number of aliphatic hydroxyl groups is 6. The zero-order chi connectivity index (χ0) is 31.0. The minimum Gasteiger partial charge on any atom is -0.504 e. The molecule has 2 aliphatic heterocycles. The minimum absolute atomic E-state index is 0.0746. The van der Waals surface area contributed by atoms with Crippen LogP contribution in [0.3, 0.4) is 0 Å². The van der Waals surface area contributed by atoms with Crippen LogP contribution in [0.25, 0.3) is 22.3 Å². The van der Waals surface area contributed by atoms with Gasteiger partial charge in [-0.3, -0.25) is 4.79 Å². The lowest BCUT2D eigenvalue weighted by atomic mass is 9.99. The van der Waals surface area contributed by atoms with E-state index in [0.717, 1.165) is 6.07 Å². The van der Waals surface area contributed by atoms with E-state index in [0.29, 0.717) is 5.56 Å². The van der Waals surface area contributed by atoms with Gasteiger partial charge in [0.25, 0.3) is 0 Å². The summed E-state index contributed by atoms with van der Waals surface area (Å²) in [5.41, 5.74) is -0.338. The minimum atomic E-state index is -1.88. The molecule has 15 nitrogen and oxygen atoms in total. The molecule has 3 heterocycles. The number of phenols is 1. The van der Waals surface area contributed by atoms with Crippen LogP contribution in [0.2, 0.25) is 0 Å². The molecule has 0 aliphatic carbocycles. The largest absolute Gasteiger partial charge is 0.504 e. The van der Waals surface area contributed by atoms with Gasteiger partial charge in [-0.15, -0.1) is 0 Å². The number of benzene rings is 2. The fourth-order valence-corrected chi connectivity index (χ4v) is 4.93. The standard InChI is InChI=1S/C28H32O15/c1-37-24-12(29)8-14-16(19(33)26(38-2)23(41-14)11-6-4-3-5-7-11)25(24)43-28-22(36)20(34)18(32)15(42-28)10-40-27-21(35)17(31)13(30)9-39-27/h3-8,13,15,17-18,20-22,27-32,34-36H,9-10H2,1-2H3. The Balaban J connectivity index is 1.49. The van der Waals surface area contributed by atoms with E-state index in [9.17, 15) is 40.5 Å². The average Bonchev–Trinajstić information content (AvgIpc) is 3.00. The van der Waals surface area contributed by atoms with Gasteiger partial charge < -0.3 is 68.6 Å². The third-order valence-electron chi connectivity index (χ3n) is 7.26. The van der Waals surface area contributed by atoms with Gasteiger partial charge in [0.2, 0.25) is 23.2 Å². The third kappa shape index (κ3) is 5.74. The van der Waals surface area contributed by atoms with Gasteiger partial charge in [0.15, 0.2) is 23.5 Å². The number of phenolic OH excluding ortho intramolecular Hbond substituents is 1. The lowest BCUT2D eigenvalue weighted by Crippen LogP contribution is -2.61. The van der Waals surface area contributed by atoms with Crippen LogP contribution in [0.4, 0.5) is 0 Å². The smallest absolute Gasteiger partial charge is 0.239 e. The highest BCUT2D eigenvalue weighted by atomic mass is 16.7. The van der Waals surface area contributed by atoms with E-state index in [1.165, 1.54) is 14.2 Å². The molecule has 43 heavy (non-hydrogen) atoms. The van der Waals surface area contributed by atoms with Gasteiger partial charge in [-0.2, -0.15) is 0 Å². The van der Waals surface area contributed by atoms with Crippen LogP contribution in [0.1, 0.15) is 0 Å². The molecule has 3 aromatic rings. The van der Waals surface area contributed by atoms with Crippen LogP contribution in [0, 0.1) is 0 Å². The van der Waals surface area contributed by atoms with Gasteiger partial charge in [0.1, 0.15) is 53.7 Å². The van der Waals surface area contributed by atoms with Crippen molar-refractivity contribution in [2.24, 2.45) is 0 Å². The highest BCUT2D eigenvalue weighted by Gasteiger charge is 2.47. The van der Waals surface area contributed by atoms with E-state index in [2.05, 4.69) is 0 Å². The summed E-state index contributed by atoms with van der Waals surface area (Å²) in [4.78, 5) is 13.7. The summed E-state index contributed by atoms with van der Waals surface area (Å²) in [6, 6.07) is 9.75. The Hall–Kier alpha value is -3.51. The van der Waals surface area contributed by atoms with Crippen LogP contribution in [0.15, 0.2) is 45.6 Å². The second-order valence-electron chi connectivity index (χ2n) is 10.0. The zero-order valence-corrected chi connectivity index (χ0v) is 23.0. The monoisotopic (exact) mass is 608 g/mol. The van der Waals surface area contributed by atoms with E-state index in [1.54, 1.807) is 30.3 Å². The number of hydrogen-bond donors (Lipinski definition) is 7. The van der Waals surface area contributed by atoms with Crippen molar-refractivity contribution in [3.8, 4) is 34.3 Å². The third-order valence-corrected chi connectivity index (χ3v) is 7.26. The van der Waals surface area contributed by atoms with Gasteiger partial charge in [-0.1, -0.05) is 30.3 Å². The van der Waals surface area contributed by atoms with Crippen LogP contribution in [-0.2, 0) is 14.2 Å². The molecule has 2 saturated heterocycles. The molecule has 0 radical (unpaired) electrons. The van der Waals surface area contributed by atoms with Gasteiger partial charge in [-0.05, 0) is 0 Å². The Kier molecular flexibility index (Phi) is 9.07. The molecule has 234 valence electrons. The second kappa shape index (κ2) is 12.6. The Morgan fingerprint density at radius 1 is 0.837 bits per heavy atom. The molecule has 2 aliphatic rings. The van der Waals surface area contributed by atoms with E-state index >= 15 is 0 Å². The lowest BCUT2D eigenvalue weighted by molar-refractivity contribution is -0.307. The molecule has 2 fully saturated rings. The van der Waals surface area contributed by atoms with Crippen molar-refractivity contribution >= 4 is 11.0 Å². The van der Waals surface area contributed by atoms with E-state index in [1.807, 2.05) is 0 Å². The van der Waals surface area contributed by atoms with Crippen LogP contribution in [-0.4, -0.2) is 118 Å². The lowest BCUT2D eigenvalue weighted by Gasteiger charge is -2.41. The quantitative estimate of drug-likeness (QED) is 0.160. The van der Waals surface area contributed by atoms with E-state index < -0.39 is 78.8 Å². The topological polar surface area (TPSA) is 227 Å². The molecule has 5 rings (SSSR count). The molecule has 0 saturated carbocycles. The first-order chi connectivity index (χ1) is 20.6. The summed E-state index contributed by atoms with van der Waals surface area (Å²) in [7, 11) is 2.46. The predicted octanol–water partition coefficient (Wildman–Crippen LogP) is -1.18. The van der Waals surface area contributed by atoms with Gasteiger partial charge in [0, 0.05) is 11.6 Å². The van der Waals surface area contributed by atoms with Crippen molar-refractivity contribution in [3.63, 3.8) is 0 Å². The Morgan fingerprint density at radius 2 is 1.51 bits per heavy atom. The first kappa shape index (κ1) is 30.9. The highest BCUT2D eigenvalue weighted by molar-refractivity contribution is 5.91. The zero-order valence-electron chi connectivity index (χ0n) is 23.0. The Labute approximate surface area is 243 Å². The van der Waals surface area contributed by atoms with Crippen molar-refractivity contribution < 1.29 is 68.6 Å². The van der Waals surface area contributed by atoms with E-state index in [-0.39, 0.29) is 34.8 Å². The molecule has 0 amide bonds. The predicted molar refractivity (Wildman–Crippen MR) is 144 cm³/mol. The number of aromatic hydroxyl groups is 1. The summed E-state index contributed by atoms with van der Waals surface area (Å²) < 4.78 is 38.7. The fraction of sp³-hybridized carbons (Fsp3) is 0.464. The number of methoxy groups -OCH3 is 2. The molecule has 7 N–H and O–H groups in total. The average molecular weight is 609 g/mol. The molecule has 9 unspecified atom stereocenters. The first-order valence-corrected chi connectivity index (χ1v) is 13.2. The first-order valence-electron chi connectivity index (χ1n) is 13.2. The van der Waals surface area contributed by atoms with Gasteiger partial charge >= 0.3 is 0 Å². The molecule has 9 atom stereocenters. The van der Waals surface area contributed by atoms with Crippen molar-refractivity contribution in [2.75, 3.05) is 27.4 Å². The SMILES string of the molecule is COc1c(O)cc2oc(-c3ccccc3)c(OC)c(=O)c2c1OC1OC(COC2OCC(O)C(O)C2O)C(O)C(O)C1O. The van der Waals surface area contributed by atoms with Gasteiger partial charge in [0.05, 0.1) is 27.4 Å². The van der Waals surface area contributed by atoms with Crippen molar-refractivity contribution in [1.29, 1.82) is 0 Å². The van der Waals surface area contributed by atoms with Crippen molar-refractivity contribution in [1.82, 2.24) is 0 Å². The summed E-state index contributed by atoms with van der Waals surface area (Å²) in [5.74, 6) is -1.36. The van der Waals surface area contributed by atoms with E-state index in [4.69, 9.17) is 32.8 Å². The van der Waals surface area contributed by atoms with Crippen LogP contribution < -0.4 is 19.6 Å². The normalized spacial score (nSPS) is 31.1. The molecule has 1 aromatic heterocycles. The number of ether oxygens (including phenoxy) is 6. The molecule has 2 aromatic carbocycles. The summed E-state index contributed by atoms with van der Waals surface area (Å²) in [5, 5.41) is 71.9. The molecular formula is C28H32O15. The molecule has 0 bridgehead atoms. The number of aliphatic hydroxyl groups excluding tert-OH is 6. The van der Waals surface area contributed by atoms with Crippen LogP contribution >= 0.6 is 0 Å². The van der Waals surface area contributed by atoms with Crippen LogP contribution in [0.5, 0.6) is 23.0 Å². The Morgan fingerprint density at radius 3 is 2.19 bits per heavy atom. The number of rotatable bonds is 8. The van der Waals surface area contributed by atoms with Gasteiger partial charge in [-0.25, -0.2) is 0 Å². The highest BCUT2D eigenvalue weighted by Crippen LogP contribution is 2.45. The van der Waals surface area contributed by atoms with Crippen molar-refractivity contribution in [2.45, 2.75) is 55.3 Å². The number of fused-ring (bicyclic) bond motifs is 1. The molecular weight excluding hydrogens is 576 g/mol. The fourth-order valence-electron chi connectivity index (χ4n) is 4.93. The summed E-state index contributed by atoms with van der Waals surface area (Å²) in [6.45, 7) is -0.879. The molecule has 15 heteroatoms. The summed E-state index contributed by atoms with van der Waals surface area (Å²) >= 11 is 0. The molecule has 0 spiro atoms. The Bertz CT molecular complexity index is 1480. The second-order valence-corrected chi connectivity index (χ2v) is 10.0. The summed E-state index contributed by atoms with van der Waals surface area (Å²) in [6.07, 6.45) is -14.5. The maximum absolute atomic E-state index is 13.7. The maximum atomic E-state index is 13.7. The van der Waals surface area contributed by atoms with Crippen molar-refractivity contribution in [3.05, 3.63) is 46.6 Å².